The highest BCUT2D eigenvalue weighted by molar-refractivity contribution is 5.80. The zero-order valence-corrected chi connectivity index (χ0v) is 11.0. The van der Waals surface area contributed by atoms with Crippen molar-refractivity contribution < 1.29 is 4.42 Å². The van der Waals surface area contributed by atoms with Crippen LogP contribution in [0.2, 0.25) is 0 Å². The molecule has 2 aromatic heterocycles. The number of rotatable bonds is 1. The molecule has 0 amide bonds. The van der Waals surface area contributed by atoms with Gasteiger partial charge in [-0.25, -0.2) is 9.78 Å². The second-order valence-corrected chi connectivity index (χ2v) is 5.10. The quantitative estimate of drug-likeness (QED) is 0.734. The molecule has 20 heavy (non-hydrogen) atoms. The second kappa shape index (κ2) is 3.96. The van der Waals surface area contributed by atoms with Gasteiger partial charge in [-0.15, -0.1) is 0 Å². The number of aromatic nitrogens is 2. The van der Waals surface area contributed by atoms with Crippen molar-refractivity contribution in [2.75, 3.05) is 18.5 Å². The molecule has 1 N–H and O–H groups in total. The van der Waals surface area contributed by atoms with E-state index in [0.29, 0.717) is 11.1 Å². The number of nitrogens with one attached hydrogen (secondary N) is 1. The monoisotopic (exact) mass is 267 g/mol. The summed E-state index contributed by atoms with van der Waals surface area (Å²) >= 11 is 0. The number of pyridine rings is 1. The van der Waals surface area contributed by atoms with Crippen LogP contribution in [0.15, 0.2) is 39.7 Å². The molecule has 0 unspecified atom stereocenters. The highest BCUT2D eigenvalue weighted by atomic mass is 16.4. The van der Waals surface area contributed by atoms with Crippen LogP contribution in [-0.4, -0.2) is 23.6 Å². The van der Waals surface area contributed by atoms with Crippen LogP contribution in [0.1, 0.15) is 5.56 Å². The van der Waals surface area contributed by atoms with Crippen molar-refractivity contribution in [3.05, 3.63) is 46.6 Å². The van der Waals surface area contributed by atoms with E-state index in [1.54, 1.807) is 0 Å². The van der Waals surface area contributed by atoms with Gasteiger partial charge in [0.25, 0.3) is 0 Å². The molecule has 3 aromatic rings. The molecule has 4 rings (SSSR count). The fourth-order valence-corrected chi connectivity index (χ4v) is 2.71. The first-order valence-electron chi connectivity index (χ1n) is 6.54. The summed E-state index contributed by atoms with van der Waals surface area (Å²) in [6.07, 6.45) is 2.90. The van der Waals surface area contributed by atoms with E-state index in [4.69, 9.17) is 4.42 Å². The van der Waals surface area contributed by atoms with Gasteiger partial charge < -0.3 is 9.32 Å². The van der Waals surface area contributed by atoms with Gasteiger partial charge in [0.15, 0.2) is 5.58 Å². The zero-order valence-electron chi connectivity index (χ0n) is 11.0. The summed E-state index contributed by atoms with van der Waals surface area (Å²) in [4.78, 5) is 20.6. The number of hydrogen-bond acceptors (Lipinski definition) is 4. The van der Waals surface area contributed by atoms with Gasteiger partial charge in [-0.1, -0.05) is 6.07 Å². The average molecular weight is 267 g/mol. The van der Waals surface area contributed by atoms with Crippen molar-refractivity contribution in [3.63, 3.8) is 0 Å². The second-order valence-electron chi connectivity index (χ2n) is 5.10. The maximum Gasteiger partial charge on any atom is 0.417 e. The molecular formula is C15H13N3O2. The lowest BCUT2D eigenvalue weighted by molar-refractivity contribution is 0.555. The van der Waals surface area contributed by atoms with Crippen LogP contribution >= 0.6 is 0 Å². The Labute approximate surface area is 114 Å². The van der Waals surface area contributed by atoms with Crippen molar-refractivity contribution in [2.24, 2.45) is 0 Å². The van der Waals surface area contributed by atoms with Gasteiger partial charge in [-0.05, 0) is 35.7 Å². The Morgan fingerprint density at radius 2 is 2.20 bits per heavy atom. The molecule has 1 aliphatic heterocycles. The van der Waals surface area contributed by atoms with Crippen LogP contribution in [0.5, 0.6) is 0 Å². The van der Waals surface area contributed by atoms with Gasteiger partial charge >= 0.3 is 5.76 Å². The van der Waals surface area contributed by atoms with Gasteiger partial charge in [-0.2, -0.15) is 0 Å². The summed E-state index contributed by atoms with van der Waals surface area (Å²) in [5.74, 6) is 0.636. The minimum atomic E-state index is -0.425. The summed E-state index contributed by atoms with van der Waals surface area (Å²) < 4.78 is 5.01. The average Bonchev–Trinajstić information content (AvgIpc) is 3.00. The van der Waals surface area contributed by atoms with Crippen LogP contribution in [0.4, 0.5) is 5.82 Å². The molecule has 0 radical (unpaired) electrons. The topological polar surface area (TPSA) is 62.1 Å². The van der Waals surface area contributed by atoms with E-state index in [9.17, 15) is 4.79 Å². The van der Waals surface area contributed by atoms with E-state index in [-0.39, 0.29) is 0 Å². The van der Waals surface area contributed by atoms with Crippen molar-refractivity contribution in [1.29, 1.82) is 0 Å². The van der Waals surface area contributed by atoms with Crippen LogP contribution in [0.25, 0.3) is 22.2 Å². The molecule has 3 heterocycles. The normalized spacial score (nSPS) is 13.9. The first-order valence-corrected chi connectivity index (χ1v) is 6.54. The van der Waals surface area contributed by atoms with E-state index < -0.39 is 5.76 Å². The van der Waals surface area contributed by atoms with Crippen LogP contribution < -0.4 is 10.7 Å². The fourth-order valence-electron chi connectivity index (χ4n) is 2.71. The lowest BCUT2D eigenvalue weighted by Crippen LogP contribution is -2.13. The third kappa shape index (κ3) is 1.63. The van der Waals surface area contributed by atoms with Crippen molar-refractivity contribution in [1.82, 2.24) is 9.97 Å². The summed E-state index contributed by atoms with van der Waals surface area (Å²) in [7, 11) is 2.06. The molecule has 0 aliphatic carbocycles. The molecule has 5 heteroatoms. The highest BCUT2D eigenvalue weighted by Crippen LogP contribution is 2.29. The van der Waals surface area contributed by atoms with Crippen LogP contribution in [0.3, 0.4) is 0 Å². The van der Waals surface area contributed by atoms with Gasteiger partial charge in [0.2, 0.25) is 0 Å². The number of likely N-dealkylation sites (N-methyl/N-ethyl adjacent to an activating group) is 1. The van der Waals surface area contributed by atoms with Crippen molar-refractivity contribution in [2.45, 2.75) is 6.42 Å². The zero-order chi connectivity index (χ0) is 13.7. The minimum absolute atomic E-state index is 0.425. The largest absolute Gasteiger partial charge is 0.417 e. The summed E-state index contributed by atoms with van der Waals surface area (Å²) in [5.41, 5.74) is 4.64. The number of H-pyrrole nitrogens is 1. The van der Waals surface area contributed by atoms with E-state index >= 15 is 0 Å². The van der Waals surface area contributed by atoms with E-state index in [2.05, 4.69) is 28.0 Å². The van der Waals surface area contributed by atoms with Crippen LogP contribution in [0, 0.1) is 0 Å². The Kier molecular flexibility index (Phi) is 2.24. The number of fused-ring (bicyclic) bond motifs is 2. The Hall–Kier alpha value is -2.56. The van der Waals surface area contributed by atoms with Gasteiger partial charge in [-0.3, -0.25) is 4.98 Å². The number of anilines is 1. The molecule has 1 aromatic carbocycles. The number of hydrogen-bond donors (Lipinski definition) is 1. The molecule has 0 saturated carbocycles. The molecule has 0 fully saturated rings. The van der Waals surface area contributed by atoms with Gasteiger partial charge in [0.05, 0.1) is 5.52 Å². The van der Waals surface area contributed by atoms with Crippen molar-refractivity contribution >= 4 is 16.9 Å². The molecule has 1 aliphatic rings. The molecule has 100 valence electrons. The maximum atomic E-state index is 11.2. The van der Waals surface area contributed by atoms with Gasteiger partial charge in [0, 0.05) is 25.4 Å². The third-order valence-corrected chi connectivity index (χ3v) is 3.77. The lowest BCUT2D eigenvalue weighted by atomic mass is 10.0. The first-order chi connectivity index (χ1) is 9.70. The summed E-state index contributed by atoms with van der Waals surface area (Å²) in [6.45, 7) is 1.01. The first kappa shape index (κ1) is 11.3. The fraction of sp³-hybridized carbons (Fsp3) is 0.200. The van der Waals surface area contributed by atoms with Gasteiger partial charge in [0.1, 0.15) is 5.82 Å². The summed E-state index contributed by atoms with van der Waals surface area (Å²) in [5, 5.41) is 0. The minimum Gasteiger partial charge on any atom is -0.408 e. The predicted octanol–water partition coefficient (Wildman–Crippen LogP) is 2.18. The Balaban J connectivity index is 1.84. The lowest BCUT2D eigenvalue weighted by Gasteiger charge is -2.10. The molecule has 5 nitrogen and oxygen atoms in total. The van der Waals surface area contributed by atoms with E-state index in [0.717, 1.165) is 29.9 Å². The number of nitrogens with zero attached hydrogens (tertiary/aromatic N) is 2. The number of oxazole rings is 1. The molecule has 0 atom stereocenters. The molecule has 0 spiro atoms. The van der Waals surface area contributed by atoms with E-state index in [1.165, 1.54) is 5.56 Å². The molecule has 0 bridgehead atoms. The standard InChI is InChI=1S/C15H13N3O2/c1-18-5-4-10-6-11(8-16-14(10)18)9-2-3-13-12(7-9)17-15(19)20-13/h2-3,6-8H,4-5H2,1H3,(H,17,19). The van der Waals surface area contributed by atoms with E-state index in [1.807, 2.05) is 24.4 Å². The van der Waals surface area contributed by atoms with Crippen molar-refractivity contribution in [3.8, 4) is 11.1 Å². The third-order valence-electron chi connectivity index (χ3n) is 3.77. The predicted molar refractivity (Wildman–Crippen MR) is 77.0 cm³/mol. The smallest absolute Gasteiger partial charge is 0.408 e. The SMILES string of the molecule is CN1CCc2cc(-c3ccc4oc(=O)[nH]c4c3)cnc21. The number of aromatic amines is 1. The van der Waals surface area contributed by atoms with Crippen LogP contribution in [-0.2, 0) is 6.42 Å². The highest BCUT2D eigenvalue weighted by Gasteiger charge is 2.17. The Morgan fingerprint density at radius 3 is 3.10 bits per heavy atom. The number of benzene rings is 1. The summed E-state index contributed by atoms with van der Waals surface area (Å²) in [6, 6.07) is 7.84. The molecule has 0 saturated heterocycles. The Bertz CT molecular complexity index is 863. The maximum absolute atomic E-state index is 11.2. The molecular weight excluding hydrogens is 254 g/mol. The Morgan fingerprint density at radius 1 is 1.30 bits per heavy atom.